The topological polar surface area (TPSA) is 90.0 Å². The molecule has 158 valence electrons. The molecule has 4 heterocycles. The zero-order valence-electron chi connectivity index (χ0n) is 17.5. The van der Waals surface area contributed by atoms with Crippen molar-refractivity contribution in [1.82, 2.24) is 15.1 Å². The smallest absolute Gasteiger partial charge is 0.262 e. The van der Waals surface area contributed by atoms with Crippen molar-refractivity contribution in [3.05, 3.63) is 29.3 Å². The summed E-state index contributed by atoms with van der Waals surface area (Å²) in [5, 5.41) is 2.23. The first-order chi connectivity index (χ1) is 14.1. The molecule has 5 rings (SSSR count). The normalized spacial score (nSPS) is 29.1. The molecule has 0 radical (unpaired) electrons. The summed E-state index contributed by atoms with van der Waals surface area (Å²) in [5.41, 5.74) is 1.75. The van der Waals surface area contributed by atoms with E-state index < -0.39 is 23.8 Å². The minimum atomic E-state index is -0.929. The monoisotopic (exact) mass is 410 g/mol. The van der Waals surface area contributed by atoms with Gasteiger partial charge < -0.3 is 4.90 Å². The fourth-order valence-electron chi connectivity index (χ4n) is 5.44. The van der Waals surface area contributed by atoms with Crippen LogP contribution in [0, 0.1) is 0 Å². The third kappa shape index (κ3) is 2.77. The van der Waals surface area contributed by atoms with Gasteiger partial charge in [0.05, 0.1) is 11.1 Å². The van der Waals surface area contributed by atoms with Gasteiger partial charge in [-0.3, -0.25) is 34.3 Å². The van der Waals surface area contributed by atoms with Gasteiger partial charge >= 0.3 is 0 Å². The SMILES string of the molecule is CC(C)(C)N1C[C@H]2C[C@@H]1CN2c1ccc2c(c1)C(=O)N([C@@H]1CCC(=O)NC1=O)C2=O. The molecule has 4 aliphatic heterocycles. The molecule has 0 spiro atoms. The predicted molar refractivity (Wildman–Crippen MR) is 109 cm³/mol. The fourth-order valence-corrected chi connectivity index (χ4v) is 5.44. The minimum absolute atomic E-state index is 0.121. The van der Waals surface area contributed by atoms with E-state index in [-0.39, 0.29) is 24.3 Å². The molecule has 30 heavy (non-hydrogen) atoms. The van der Waals surface area contributed by atoms with Crippen LogP contribution in [0.25, 0.3) is 0 Å². The van der Waals surface area contributed by atoms with E-state index in [4.69, 9.17) is 0 Å². The molecule has 1 aromatic carbocycles. The van der Waals surface area contributed by atoms with Gasteiger partial charge in [-0.05, 0) is 51.8 Å². The van der Waals surface area contributed by atoms with Crippen LogP contribution in [0.15, 0.2) is 18.2 Å². The summed E-state index contributed by atoms with van der Waals surface area (Å²) in [6.45, 7) is 8.60. The van der Waals surface area contributed by atoms with Crippen LogP contribution in [0.5, 0.6) is 0 Å². The third-order valence-corrected chi connectivity index (χ3v) is 6.86. The Morgan fingerprint density at radius 1 is 0.967 bits per heavy atom. The van der Waals surface area contributed by atoms with Crippen molar-refractivity contribution in [1.29, 1.82) is 0 Å². The Balaban J connectivity index is 1.39. The van der Waals surface area contributed by atoms with Crippen LogP contribution in [0.4, 0.5) is 5.69 Å². The Bertz CT molecular complexity index is 982. The van der Waals surface area contributed by atoms with Gasteiger partial charge in [0.2, 0.25) is 11.8 Å². The Kier molecular flexibility index (Phi) is 4.09. The van der Waals surface area contributed by atoms with Crippen molar-refractivity contribution in [2.24, 2.45) is 0 Å². The molecule has 1 N–H and O–H groups in total. The largest absolute Gasteiger partial charge is 0.366 e. The average molecular weight is 410 g/mol. The number of amides is 4. The van der Waals surface area contributed by atoms with Crippen molar-refractivity contribution in [3.63, 3.8) is 0 Å². The van der Waals surface area contributed by atoms with E-state index in [9.17, 15) is 19.2 Å². The molecular weight excluding hydrogens is 384 g/mol. The van der Waals surface area contributed by atoms with Crippen molar-refractivity contribution < 1.29 is 19.2 Å². The molecule has 3 fully saturated rings. The molecule has 0 aliphatic carbocycles. The predicted octanol–water partition coefficient (Wildman–Crippen LogP) is 1.15. The van der Waals surface area contributed by atoms with Crippen LogP contribution in [-0.4, -0.2) is 70.2 Å². The zero-order valence-corrected chi connectivity index (χ0v) is 17.5. The number of imide groups is 2. The van der Waals surface area contributed by atoms with Crippen molar-refractivity contribution in [3.8, 4) is 0 Å². The lowest BCUT2D eigenvalue weighted by molar-refractivity contribution is -0.136. The van der Waals surface area contributed by atoms with E-state index in [0.717, 1.165) is 30.1 Å². The summed E-state index contributed by atoms with van der Waals surface area (Å²) < 4.78 is 0. The summed E-state index contributed by atoms with van der Waals surface area (Å²) >= 11 is 0. The number of piperidine rings is 1. The molecule has 8 nitrogen and oxygen atoms in total. The van der Waals surface area contributed by atoms with Gasteiger partial charge in [0.15, 0.2) is 0 Å². The van der Waals surface area contributed by atoms with Crippen LogP contribution >= 0.6 is 0 Å². The van der Waals surface area contributed by atoms with Gasteiger partial charge in [-0.1, -0.05) is 0 Å². The highest BCUT2D eigenvalue weighted by Gasteiger charge is 2.48. The quantitative estimate of drug-likeness (QED) is 0.736. The first kappa shape index (κ1) is 19.2. The third-order valence-electron chi connectivity index (χ3n) is 6.86. The molecule has 4 amide bonds. The number of nitrogens with one attached hydrogen (secondary N) is 1. The summed E-state index contributed by atoms with van der Waals surface area (Å²) in [4.78, 5) is 55.5. The van der Waals surface area contributed by atoms with Crippen LogP contribution in [0.2, 0.25) is 0 Å². The van der Waals surface area contributed by atoms with Crippen LogP contribution in [0.1, 0.15) is 60.7 Å². The second-order valence-electron chi connectivity index (χ2n) is 9.70. The van der Waals surface area contributed by atoms with E-state index in [0.29, 0.717) is 23.2 Å². The maximum Gasteiger partial charge on any atom is 0.262 e. The number of nitrogens with zero attached hydrogens (tertiary/aromatic N) is 3. The molecule has 0 aromatic heterocycles. The van der Waals surface area contributed by atoms with Gasteiger partial charge in [0.25, 0.3) is 11.8 Å². The molecule has 1 aromatic rings. The Morgan fingerprint density at radius 3 is 2.33 bits per heavy atom. The molecule has 3 atom stereocenters. The number of carbonyl (C=O) groups excluding carboxylic acids is 4. The number of carbonyl (C=O) groups is 4. The van der Waals surface area contributed by atoms with Gasteiger partial charge in [-0.2, -0.15) is 0 Å². The lowest BCUT2D eigenvalue weighted by atomic mass is 10.0. The number of likely N-dealkylation sites (tertiary alicyclic amines) is 1. The summed E-state index contributed by atoms with van der Waals surface area (Å²) in [6, 6.07) is 5.35. The van der Waals surface area contributed by atoms with E-state index in [2.05, 4.69) is 35.9 Å². The highest BCUT2D eigenvalue weighted by Crippen LogP contribution is 2.39. The van der Waals surface area contributed by atoms with Gasteiger partial charge in [-0.15, -0.1) is 0 Å². The van der Waals surface area contributed by atoms with Crippen molar-refractivity contribution in [2.75, 3.05) is 18.0 Å². The number of fused-ring (bicyclic) bond motifs is 3. The number of hydrogen-bond donors (Lipinski definition) is 1. The van der Waals surface area contributed by atoms with E-state index >= 15 is 0 Å². The second-order valence-corrected chi connectivity index (χ2v) is 9.70. The lowest BCUT2D eigenvalue weighted by Gasteiger charge is -2.42. The standard InChI is InChI=1S/C22H26N4O4/c1-22(2,3)25-11-13-8-14(25)10-24(13)12-4-5-15-16(9-12)21(30)26(20(15)29)17-6-7-18(27)23-19(17)28/h4-5,9,13-14,17H,6-8,10-11H2,1-3H3,(H,23,27,28)/t13-,14-,17-/m1/s1. The average Bonchev–Trinajstić information content (AvgIpc) is 3.35. The molecule has 3 saturated heterocycles. The molecule has 2 bridgehead atoms. The van der Waals surface area contributed by atoms with Crippen molar-refractivity contribution >= 4 is 29.3 Å². The van der Waals surface area contributed by atoms with E-state index in [1.807, 2.05) is 6.07 Å². The molecular formula is C22H26N4O4. The molecule has 8 heteroatoms. The maximum atomic E-state index is 13.1. The second kappa shape index (κ2) is 6.38. The first-order valence-electron chi connectivity index (χ1n) is 10.5. The van der Waals surface area contributed by atoms with Gasteiger partial charge in [0.1, 0.15) is 6.04 Å². The number of hydrogen-bond acceptors (Lipinski definition) is 6. The minimum Gasteiger partial charge on any atom is -0.366 e. The highest BCUT2D eigenvalue weighted by atomic mass is 16.2. The van der Waals surface area contributed by atoms with Crippen LogP contribution < -0.4 is 10.2 Å². The molecule has 0 unspecified atom stereocenters. The first-order valence-corrected chi connectivity index (χ1v) is 10.5. The van der Waals surface area contributed by atoms with E-state index in [1.165, 1.54) is 0 Å². The number of benzene rings is 1. The Hall–Kier alpha value is -2.74. The fraction of sp³-hybridized carbons (Fsp3) is 0.545. The highest BCUT2D eigenvalue weighted by molar-refractivity contribution is 6.23. The summed E-state index contributed by atoms with van der Waals surface area (Å²) in [5.74, 6) is -1.87. The number of rotatable bonds is 2. The number of anilines is 1. The Morgan fingerprint density at radius 2 is 1.70 bits per heavy atom. The van der Waals surface area contributed by atoms with Crippen LogP contribution in [0.3, 0.4) is 0 Å². The number of piperazine rings is 1. The Labute approximate surface area is 175 Å². The maximum absolute atomic E-state index is 13.1. The van der Waals surface area contributed by atoms with Crippen LogP contribution in [-0.2, 0) is 9.59 Å². The van der Waals surface area contributed by atoms with E-state index in [1.54, 1.807) is 12.1 Å². The van der Waals surface area contributed by atoms with Crippen molar-refractivity contribution in [2.45, 2.75) is 63.7 Å². The van der Waals surface area contributed by atoms with Gasteiger partial charge in [-0.25, -0.2) is 0 Å². The molecule has 0 saturated carbocycles. The summed E-state index contributed by atoms with van der Waals surface area (Å²) in [7, 11) is 0. The lowest BCUT2D eigenvalue weighted by Crippen LogP contribution is -2.54. The summed E-state index contributed by atoms with van der Waals surface area (Å²) in [6.07, 6.45) is 1.39. The molecule has 4 aliphatic rings. The van der Waals surface area contributed by atoms with Gasteiger partial charge in [0, 0.05) is 42.8 Å². The zero-order chi connectivity index (χ0) is 21.4.